The van der Waals surface area contributed by atoms with Crippen molar-refractivity contribution in [2.45, 2.75) is 13.0 Å². The van der Waals surface area contributed by atoms with Gasteiger partial charge in [-0.15, -0.1) is 0 Å². The van der Waals surface area contributed by atoms with Crippen LogP contribution in [0.25, 0.3) is 0 Å². The molecule has 1 unspecified atom stereocenters. The maximum atomic E-state index is 12.4. The van der Waals surface area contributed by atoms with Gasteiger partial charge in [-0.25, -0.2) is 4.79 Å². The van der Waals surface area contributed by atoms with Gasteiger partial charge < -0.3 is 10.1 Å². The molecular formula is C17H14BrN3O3. The van der Waals surface area contributed by atoms with Crippen molar-refractivity contribution >= 4 is 39.2 Å². The quantitative estimate of drug-likeness (QED) is 0.648. The molecule has 24 heavy (non-hydrogen) atoms. The number of hydrogen-bond donors (Lipinski definition) is 1. The topological polar surface area (TPSA) is 80.7 Å². The summed E-state index contributed by atoms with van der Waals surface area (Å²) >= 11 is 3.42. The number of halogens is 1. The summed E-state index contributed by atoms with van der Waals surface area (Å²) in [4.78, 5) is 33.2. The van der Waals surface area contributed by atoms with Gasteiger partial charge in [0.25, 0.3) is 5.91 Å². The number of nitrogens with one attached hydrogen (secondary N) is 1. The number of fused-ring (bicyclic) bond motifs is 1. The number of nitrogens with zero attached hydrogens (tertiary/aromatic N) is 2. The molecule has 6 nitrogen and oxygen atoms in total. The number of rotatable bonds is 3. The minimum atomic E-state index is -1.27. The summed E-state index contributed by atoms with van der Waals surface area (Å²) in [5.41, 5.74) is 2.29. The highest BCUT2D eigenvalue weighted by Crippen LogP contribution is 2.27. The van der Waals surface area contributed by atoms with E-state index in [1.54, 1.807) is 37.4 Å². The van der Waals surface area contributed by atoms with Crippen LogP contribution in [0.1, 0.15) is 18.2 Å². The van der Waals surface area contributed by atoms with Crippen molar-refractivity contribution in [2.24, 2.45) is 4.99 Å². The van der Waals surface area contributed by atoms with Crippen LogP contribution in [-0.4, -0.2) is 35.2 Å². The van der Waals surface area contributed by atoms with Crippen LogP contribution in [0.15, 0.2) is 52.1 Å². The standard InChI is InChI=1S/C17H14BrN3O3/c1-2-24-17(23)15-16(22)20-12-7-6-10(18)9-11(12)14(21-15)13-5-3-4-8-19-13/h3-9,15H,2H2,1H3,(H,20,22). The number of ether oxygens (including phenoxy) is 1. The van der Waals surface area contributed by atoms with Crippen LogP contribution in [-0.2, 0) is 14.3 Å². The summed E-state index contributed by atoms with van der Waals surface area (Å²) in [5.74, 6) is -1.21. The summed E-state index contributed by atoms with van der Waals surface area (Å²) in [6.07, 6.45) is 1.63. The average Bonchev–Trinajstić information content (AvgIpc) is 2.72. The second-order valence-electron chi connectivity index (χ2n) is 5.03. The fourth-order valence-electron chi connectivity index (χ4n) is 2.37. The summed E-state index contributed by atoms with van der Waals surface area (Å²) in [7, 11) is 0. The number of carbonyl (C=O) groups excluding carboxylic acids is 2. The first-order chi connectivity index (χ1) is 11.6. The predicted molar refractivity (Wildman–Crippen MR) is 93.1 cm³/mol. The Balaban J connectivity index is 2.18. The van der Waals surface area contributed by atoms with E-state index in [9.17, 15) is 9.59 Å². The third kappa shape index (κ3) is 3.21. The van der Waals surface area contributed by atoms with E-state index < -0.39 is 17.9 Å². The molecular weight excluding hydrogens is 374 g/mol. The van der Waals surface area contributed by atoms with Crippen molar-refractivity contribution < 1.29 is 14.3 Å². The van der Waals surface area contributed by atoms with Crippen molar-refractivity contribution in [1.29, 1.82) is 0 Å². The molecule has 1 N–H and O–H groups in total. The monoisotopic (exact) mass is 387 g/mol. The molecule has 0 aliphatic carbocycles. The van der Waals surface area contributed by atoms with Gasteiger partial charge in [0.1, 0.15) is 0 Å². The molecule has 2 heterocycles. The van der Waals surface area contributed by atoms with Crippen molar-refractivity contribution in [1.82, 2.24) is 4.98 Å². The van der Waals surface area contributed by atoms with Gasteiger partial charge in [0.05, 0.1) is 23.7 Å². The van der Waals surface area contributed by atoms with Crippen molar-refractivity contribution in [3.63, 3.8) is 0 Å². The largest absolute Gasteiger partial charge is 0.464 e. The Morgan fingerprint density at radius 3 is 2.88 bits per heavy atom. The lowest BCUT2D eigenvalue weighted by molar-refractivity contribution is -0.146. The zero-order valence-corrected chi connectivity index (χ0v) is 14.4. The van der Waals surface area contributed by atoms with Crippen LogP contribution in [0.2, 0.25) is 0 Å². The fourth-order valence-corrected chi connectivity index (χ4v) is 2.73. The number of esters is 1. The van der Waals surface area contributed by atoms with Crippen LogP contribution in [0.4, 0.5) is 5.69 Å². The molecule has 1 aliphatic rings. The molecule has 1 atom stereocenters. The van der Waals surface area contributed by atoms with Gasteiger partial charge >= 0.3 is 5.97 Å². The lowest BCUT2D eigenvalue weighted by Gasteiger charge is -2.09. The number of anilines is 1. The molecule has 3 rings (SSSR count). The second kappa shape index (κ2) is 6.92. The smallest absolute Gasteiger partial charge is 0.340 e. The number of pyridine rings is 1. The number of benzene rings is 1. The summed E-state index contributed by atoms with van der Waals surface area (Å²) in [6.45, 7) is 1.86. The zero-order valence-electron chi connectivity index (χ0n) is 12.8. The van der Waals surface area contributed by atoms with Gasteiger partial charge in [-0.2, -0.15) is 0 Å². The van der Waals surface area contributed by atoms with Crippen molar-refractivity contribution in [3.8, 4) is 0 Å². The number of benzodiazepines with no additional fused rings is 1. The molecule has 122 valence electrons. The van der Waals surface area contributed by atoms with E-state index in [1.165, 1.54) is 0 Å². The summed E-state index contributed by atoms with van der Waals surface area (Å²) in [5, 5.41) is 2.74. The molecule has 1 aromatic heterocycles. The maximum absolute atomic E-state index is 12.4. The maximum Gasteiger partial charge on any atom is 0.340 e. The first kappa shape index (κ1) is 16.3. The minimum Gasteiger partial charge on any atom is -0.464 e. The van der Waals surface area contributed by atoms with E-state index in [0.717, 1.165) is 4.47 Å². The second-order valence-corrected chi connectivity index (χ2v) is 5.94. The number of aromatic nitrogens is 1. The van der Waals surface area contributed by atoms with E-state index in [-0.39, 0.29) is 6.61 Å². The Bertz CT molecular complexity index is 821. The molecule has 0 saturated heterocycles. The molecule has 0 fully saturated rings. The van der Waals surface area contributed by atoms with Crippen LogP contribution < -0.4 is 5.32 Å². The number of carbonyl (C=O) groups is 2. The molecule has 1 aliphatic heterocycles. The van der Waals surface area contributed by atoms with E-state index in [4.69, 9.17) is 4.74 Å². The Labute approximate surface area is 147 Å². The highest BCUT2D eigenvalue weighted by molar-refractivity contribution is 9.10. The van der Waals surface area contributed by atoms with Gasteiger partial charge in [-0.3, -0.25) is 14.8 Å². The van der Waals surface area contributed by atoms with Gasteiger partial charge in [0.15, 0.2) is 0 Å². The summed E-state index contributed by atoms with van der Waals surface area (Å²) < 4.78 is 5.81. The van der Waals surface area contributed by atoms with Crippen LogP contribution in [0.3, 0.4) is 0 Å². The van der Waals surface area contributed by atoms with Gasteiger partial charge in [0.2, 0.25) is 6.04 Å². The normalized spacial score (nSPS) is 16.5. The van der Waals surface area contributed by atoms with Crippen LogP contribution in [0, 0.1) is 0 Å². The molecule has 0 saturated carbocycles. The number of amides is 1. The Hall–Kier alpha value is -2.54. The number of aliphatic imine (C=N–C) groups is 1. The average molecular weight is 388 g/mol. The van der Waals surface area contributed by atoms with Gasteiger partial charge in [-0.05, 0) is 37.3 Å². The molecule has 0 spiro atoms. The molecule has 2 aromatic rings. The Kier molecular flexibility index (Phi) is 4.71. The molecule has 7 heteroatoms. The van der Waals surface area contributed by atoms with E-state index in [0.29, 0.717) is 22.7 Å². The van der Waals surface area contributed by atoms with Gasteiger partial charge in [-0.1, -0.05) is 22.0 Å². The van der Waals surface area contributed by atoms with Crippen molar-refractivity contribution in [3.05, 3.63) is 58.3 Å². The van der Waals surface area contributed by atoms with E-state index in [2.05, 4.69) is 31.2 Å². The first-order valence-electron chi connectivity index (χ1n) is 7.36. The third-order valence-corrected chi connectivity index (χ3v) is 3.91. The van der Waals surface area contributed by atoms with E-state index >= 15 is 0 Å². The number of hydrogen-bond acceptors (Lipinski definition) is 5. The van der Waals surface area contributed by atoms with Gasteiger partial charge in [0, 0.05) is 16.2 Å². The molecule has 1 amide bonds. The Morgan fingerprint density at radius 2 is 2.17 bits per heavy atom. The fraction of sp³-hybridized carbons (Fsp3) is 0.176. The minimum absolute atomic E-state index is 0.176. The zero-order chi connectivity index (χ0) is 17.1. The van der Waals surface area contributed by atoms with Crippen LogP contribution >= 0.6 is 15.9 Å². The van der Waals surface area contributed by atoms with E-state index in [1.807, 2.05) is 12.1 Å². The predicted octanol–water partition coefficient (Wildman–Crippen LogP) is 2.57. The highest BCUT2D eigenvalue weighted by Gasteiger charge is 2.32. The third-order valence-electron chi connectivity index (χ3n) is 3.42. The highest BCUT2D eigenvalue weighted by atomic mass is 79.9. The SMILES string of the molecule is CCOC(=O)C1N=C(c2ccccn2)c2cc(Br)ccc2NC1=O. The lowest BCUT2D eigenvalue weighted by atomic mass is 10.0. The Morgan fingerprint density at radius 1 is 1.33 bits per heavy atom. The first-order valence-corrected chi connectivity index (χ1v) is 8.16. The lowest BCUT2D eigenvalue weighted by Crippen LogP contribution is -2.34. The van der Waals surface area contributed by atoms with Crippen molar-refractivity contribution in [2.75, 3.05) is 11.9 Å². The molecule has 0 bridgehead atoms. The summed E-state index contributed by atoms with van der Waals surface area (Å²) in [6, 6.07) is 9.51. The molecule has 0 radical (unpaired) electrons. The van der Waals surface area contributed by atoms with Crippen LogP contribution in [0.5, 0.6) is 0 Å². The molecule has 1 aromatic carbocycles.